The highest BCUT2D eigenvalue weighted by Crippen LogP contribution is 2.33. The predicted molar refractivity (Wildman–Crippen MR) is 108 cm³/mol. The Morgan fingerprint density at radius 3 is 2.79 bits per heavy atom. The lowest BCUT2D eigenvalue weighted by atomic mass is 10.0. The summed E-state index contributed by atoms with van der Waals surface area (Å²) in [6.07, 6.45) is 2.23. The number of hydrogen-bond acceptors (Lipinski definition) is 5. The molecule has 0 saturated carbocycles. The van der Waals surface area contributed by atoms with Gasteiger partial charge in [0.25, 0.3) is 5.56 Å². The largest absolute Gasteiger partial charge is 0.493 e. The van der Waals surface area contributed by atoms with Gasteiger partial charge in [-0.3, -0.25) is 4.79 Å². The van der Waals surface area contributed by atoms with Crippen molar-refractivity contribution in [3.63, 3.8) is 0 Å². The van der Waals surface area contributed by atoms with Crippen molar-refractivity contribution < 1.29 is 14.6 Å². The maximum Gasteiger partial charge on any atom is 0.335 e. The molecule has 2 aromatic carbocycles. The number of carbonyl (C=O) groups is 1. The lowest BCUT2D eigenvalue weighted by Gasteiger charge is -2.13. The first-order chi connectivity index (χ1) is 14.1. The molecule has 2 heterocycles. The summed E-state index contributed by atoms with van der Waals surface area (Å²) in [5.41, 5.74) is 2.68. The zero-order valence-electron chi connectivity index (χ0n) is 15.6. The van der Waals surface area contributed by atoms with Crippen LogP contribution in [0, 0.1) is 0 Å². The monoisotopic (exact) mass is 390 g/mol. The van der Waals surface area contributed by atoms with Gasteiger partial charge in [0.15, 0.2) is 11.2 Å². The van der Waals surface area contributed by atoms with Crippen molar-refractivity contribution in [1.29, 1.82) is 0 Å². The number of rotatable bonds is 6. The van der Waals surface area contributed by atoms with Crippen molar-refractivity contribution in [1.82, 2.24) is 19.9 Å². The second-order valence-electron chi connectivity index (χ2n) is 6.46. The lowest BCUT2D eigenvalue weighted by molar-refractivity contribution is 0.0697. The van der Waals surface area contributed by atoms with Crippen LogP contribution in [-0.2, 0) is 0 Å². The number of ether oxygens (including phenoxy) is 1. The number of H-pyrrole nitrogens is 2. The summed E-state index contributed by atoms with van der Waals surface area (Å²) in [5.74, 6) is -0.0728. The Kier molecular flexibility index (Phi) is 4.82. The average molecular weight is 390 g/mol. The third-order valence-electron chi connectivity index (χ3n) is 4.43. The van der Waals surface area contributed by atoms with E-state index in [4.69, 9.17) is 4.74 Å². The molecule has 8 heteroatoms. The zero-order valence-corrected chi connectivity index (χ0v) is 15.6. The Bertz CT molecular complexity index is 1260. The highest BCUT2D eigenvalue weighted by molar-refractivity contribution is 5.89. The van der Waals surface area contributed by atoms with E-state index in [1.807, 2.05) is 25.1 Å². The van der Waals surface area contributed by atoms with Gasteiger partial charge in [-0.1, -0.05) is 25.1 Å². The molecule has 0 amide bonds. The highest BCUT2D eigenvalue weighted by atomic mass is 16.5. The van der Waals surface area contributed by atoms with Gasteiger partial charge in [0, 0.05) is 0 Å². The van der Waals surface area contributed by atoms with E-state index < -0.39 is 5.97 Å². The lowest BCUT2D eigenvalue weighted by Crippen LogP contribution is -2.10. The Morgan fingerprint density at radius 1 is 1.17 bits per heavy atom. The third kappa shape index (κ3) is 3.60. The first-order valence-electron chi connectivity index (χ1n) is 9.11. The minimum Gasteiger partial charge on any atom is -0.493 e. The predicted octanol–water partition coefficient (Wildman–Crippen LogP) is 3.47. The molecular weight excluding hydrogens is 372 g/mol. The standard InChI is InChI=1S/C21H18N4O4/c1-2-8-29-16-10-13(12-4-3-5-14(9-12)21(27)28)6-7-15(16)18-24-19-17(20(26)25-18)22-11-23-19/h3-7,9-11H,2,8H2,1H3,(H,27,28)(H2,22,23,24,25,26). The summed E-state index contributed by atoms with van der Waals surface area (Å²) in [6.45, 7) is 2.48. The molecule has 0 atom stereocenters. The molecule has 2 aromatic heterocycles. The number of aromatic carboxylic acids is 1. The van der Waals surface area contributed by atoms with Crippen LogP contribution in [0.3, 0.4) is 0 Å². The minimum atomic E-state index is -0.986. The van der Waals surface area contributed by atoms with Crippen molar-refractivity contribution >= 4 is 17.1 Å². The number of aromatic amines is 2. The van der Waals surface area contributed by atoms with E-state index in [0.717, 1.165) is 17.5 Å². The van der Waals surface area contributed by atoms with Gasteiger partial charge in [0.05, 0.1) is 24.1 Å². The first-order valence-corrected chi connectivity index (χ1v) is 9.11. The van der Waals surface area contributed by atoms with Crippen molar-refractivity contribution in [3.05, 3.63) is 64.7 Å². The van der Waals surface area contributed by atoms with Gasteiger partial charge < -0.3 is 19.8 Å². The molecule has 0 fully saturated rings. The molecule has 0 unspecified atom stereocenters. The summed E-state index contributed by atoms with van der Waals surface area (Å²) in [7, 11) is 0. The van der Waals surface area contributed by atoms with E-state index >= 15 is 0 Å². The van der Waals surface area contributed by atoms with Crippen LogP contribution in [0.25, 0.3) is 33.7 Å². The maximum absolute atomic E-state index is 12.3. The number of aromatic nitrogens is 4. The molecule has 8 nitrogen and oxygen atoms in total. The Labute approximate surface area is 165 Å². The second kappa shape index (κ2) is 7.59. The molecule has 0 radical (unpaired) electrons. The van der Waals surface area contributed by atoms with E-state index in [1.165, 1.54) is 6.33 Å². The topological polar surface area (TPSA) is 121 Å². The number of nitrogens with zero attached hydrogens (tertiary/aromatic N) is 2. The van der Waals surface area contributed by atoms with Crippen LogP contribution >= 0.6 is 0 Å². The Hall–Kier alpha value is -3.94. The second-order valence-corrected chi connectivity index (χ2v) is 6.46. The van der Waals surface area contributed by atoms with Crippen molar-refractivity contribution in [2.24, 2.45) is 0 Å². The van der Waals surface area contributed by atoms with E-state index in [9.17, 15) is 14.7 Å². The van der Waals surface area contributed by atoms with E-state index in [2.05, 4.69) is 19.9 Å². The average Bonchev–Trinajstić information content (AvgIpc) is 3.21. The fourth-order valence-corrected chi connectivity index (χ4v) is 3.03. The smallest absolute Gasteiger partial charge is 0.335 e. The van der Waals surface area contributed by atoms with E-state index in [0.29, 0.717) is 29.4 Å². The summed E-state index contributed by atoms with van der Waals surface area (Å²) in [5, 5.41) is 9.24. The quantitative estimate of drug-likeness (QED) is 0.463. The van der Waals surface area contributed by atoms with Crippen molar-refractivity contribution in [3.8, 4) is 28.3 Å². The molecule has 4 rings (SSSR count). The molecule has 0 spiro atoms. The van der Waals surface area contributed by atoms with Crippen LogP contribution in [0.4, 0.5) is 0 Å². The fraction of sp³-hybridized carbons (Fsp3) is 0.143. The summed E-state index contributed by atoms with van der Waals surface area (Å²) in [6, 6.07) is 12.1. The molecule has 0 aliphatic carbocycles. The van der Waals surface area contributed by atoms with Gasteiger partial charge in [-0.25, -0.2) is 14.8 Å². The van der Waals surface area contributed by atoms with Gasteiger partial charge in [0.1, 0.15) is 11.6 Å². The summed E-state index contributed by atoms with van der Waals surface area (Å²) >= 11 is 0. The number of benzene rings is 2. The van der Waals surface area contributed by atoms with E-state index in [1.54, 1.807) is 24.3 Å². The Morgan fingerprint density at radius 2 is 2.00 bits per heavy atom. The number of imidazole rings is 1. The zero-order chi connectivity index (χ0) is 20.4. The van der Waals surface area contributed by atoms with Crippen molar-refractivity contribution in [2.45, 2.75) is 13.3 Å². The highest BCUT2D eigenvalue weighted by Gasteiger charge is 2.14. The van der Waals surface area contributed by atoms with E-state index in [-0.39, 0.29) is 16.6 Å². The van der Waals surface area contributed by atoms with Gasteiger partial charge in [0.2, 0.25) is 0 Å². The molecule has 0 aliphatic heterocycles. The van der Waals surface area contributed by atoms with Crippen LogP contribution in [-0.4, -0.2) is 37.6 Å². The van der Waals surface area contributed by atoms with Crippen LogP contribution < -0.4 is 10.3 Å². The van der Waals surface area contributed by atoms with Crippen LogP contribution in [0.5, 0.6) is 5.75 Å². The molecule has 3 N–H and O–H groups in total. The third-order valence-corrected chi connectivity index (χ3v) is 4.43. The van der Waals surface area contributed by atoms with Crippen LogP contribution in [0.2, 0.25) is 0 Å². The fourth-order valence-electron chi connectivity index (χ4n) is 3.03. The van der Waals surface area contributed by atoms with Gasteiger partial charge in [-0.15, -0.1) is 0 Å². The SMILES string of the molecule is CCCOc1cc(-c2cccc(C(=O)O)c2)ccc1-c1nc2[nH]cnc2c(=O)[nH]1. The van der Waals surface area contributed by atoms with Gasteiger partial charge in [-0.05, 0) is 41.8 Å². The number of carboxylic acid groups (broad SMARTS) is 1. The van der Waals surface area contributed by atoms with Crippen LogP contribution in [0.1, 0.15) is 23.7 Å². The van der Waals surface area contributed by atoms with Gasteiger partial charge in [-0.2, -0.15) is 0 Å². The first kappa shape index (κ1) is 18.4. The van der Waals surface area contributed by atoms with Crippen LogP contribution in [0.15, 0.2) is 53.6 Å². The minimum absolute atomic E-state index is 0.207. The van der Waals surface area contributed by atoms with Crippen molar-refractivity contribution in [2.75, 3.05) is 6.61 Å². The molecule has 0 bridgehead atoms. The Balaban J connectivity index is 1.83. The molecule has 0 saturated heterocycles. The number of nitrogens with one attached hydrogen (secondary N) is 2. The molecule has 146 valence electrons. The summed E-state index contributed by atoms with van der Waals surface area (Å²) in [4.78, 5) is 37.5. The molecule has 29 heavy (non-hydrogen) atoms. The number of hydrogen-bond donors (Lipinski definition) is 3. The molecule has 4 aromatic rings. The molecule has 0 aliphatic rings. The number of carboxylic acids is 1. The number of fused-ring (bicyclic) bond motifs is 1. The summed E-state index contributed by atoms with van der Waals surface area (Å²) < 4.78 is 5.91. The van der Waals surface area contributed by atoms with Gasteiger partial charge >= 0.3 is 5.97 Å². The maximum atomic E-state index is 12.3. The normalized spacial score (nSPS) is 10.9. The molecular formula is C21H18N4O4.